The first-order valence-corrected chi connectivity index (χ1v) is 12.6. The number of hydrogen-bond donors (Lipinski definition) is 1. The second-order valence-electron chi connectivity index (χ2n) is 7.56. The van der Waals surface area contributed by atoms with Crippen LogP contribution in [0.1, 0.15) is 19.8 Å². The fourth-order valence-corrected chi connectivity index (χ4v) is 4.51. The average Bonchev–Trinajstić information content (AvgIpc) is 2.78. The van der Waals surface area contributed by atoms with Crippen molar-refractivity contribution >= 4 is 33.0 Å². The highest BCUT2D eigenvalue weighted by atomic mass is 32.2. The largest absolute Gasteiger partial charge is 0.494 e. The molecule has 0 saturated carbocycles. The van der Waals surface area contributed by atoms with E-state index < -0.39 is 10.0 Å². The molecule has 0 bridgehead atoms. The van der Waals surface area contributed by atoms with E-state index in [9.17, 15) is 13.2 Å². The molecule has 174 valence electrons. The van der Waals surface area contributed by atoms with Gasteiger partial charge in [0.1, 0.15) is 5.75 Å². The van der Waals surface area contributed by atoms with Gasteiger partial charge in [0, 0.05) is 37.4 Å². The number of hydrogen-bond acceptors (Lipinski definition) is 6. The van der Waals surface area contributed by atoms with Gasteiger partial charge in [0.2, 0.25) is 15.9 Å². The van der Waals surface area contributed by atoms with Crippen LogP contribution in [0.2, 0.25) is 0 Å². The van der Waals surface area contributed by atoms with Crippen LogP contribution in [-0.2, 0) is 19.6 Å². The topological polar surface area (TPSA) is 88.2 Å². The first-order valence-electron chi connectivity index (χ1n) is 10.8. The molecule has 8 nitrogen and oxygen atoms in total. The molecule has 0 aromatic heterocycles. The lowest BCUT2D eigenvalue weighted by Crippen LogP contribution is -2.36. The van der Waals surface area contributed by atoms with Crippen LogP contribution in [0.5, 0.6) is 5.75 Å². The van der Waals surface area contributed by atoms with Gasteiger partial charge in [-0.25, -0.2) is 8.42 Å². The number of benzene rings is 2. The third kappa shape index (κ3) is 6.86. The molecule has 1 amide bonds. The Morgan fingerprint density at radius 3 is 2.34 bits per heavy atom. The van der Waals surface area contributed by atoms with E-state index in [0.717, 1.165) is 37.7 Å². The van der Waals surface area contributed by atoms with Gasteiger partial charge < -0.3 is 19.7 Å². The van der Waals surface area contributed by atoms with Crippen LogP contribution in [0.15, 0.2) is 48.5 Å². The first-order chi connectivity index (χ1) is 15.4. The predicted molar refractivity (Wildman–Crippen MR) is 127 cm³/mol. The summed E-state index contributed by atoms with van der Waals surface area (Å²) >= 11 is 0. The van der Waals surface area contributed by atoms with E-state index in [1.165, 1.54) is 10.6 Å². The molecule has 3 rings (SSSR count). The normalized spacial score (nSPS) is 14.1. The van der Waals surface area contributed by atoms with E-state index >= 15 is 0 Å². The summed E-state index contributed by atoms with van der Waals surface area (Å²) in [6.07, 6.45) is 1.78. The third-order valence-electron chi connectivity index (χ3n) is 5.13. The first kappa shape index (κ1) is 23.9. The molecule has 0 radical (unpaired) electrons. The smallest absolute Gasteiger partial charge is 0.232 e. The van der Waals surface area contributed by atoms with E-state index in [4.69, 9.17) is 9.47 Å². The van der Waals surface area contributed by atoms with Gasteiger partial charge in [0.05, 0.1) is 31.8 Å². The van der Waals surface area contributed by atoms with Crippen molar-refractivity contribution in [2.75, 3.05) is 60.2 Å². The minimum absolute atomic E-state index is 0.149. The van der Waals surface area contributed by atoms with Crippen LogP contribution in [0.25, 0.3) is 0 Å². The molecule has 1 fully saturated rings. The van der Waals surface area contributed by atoms with Crippen LogP contribution in [0.4, 0.5) is 17.1 Å². The molecule has 32 heavy (non-hydrogen) atoms. The molecule has 1 aliphatic rings. The fourth-order valence-electron chi connectivity index (χ4n) is 3.55. The number of rotatable bonds is 10. The number of carbonyl (C=O) groups is 1. The Kier molecular flexibility index (Phi) is 8.35. The molecule has 1 saturated heterocycles. The van der Waals surface area contributed by atoms with Gasteiger partial charge in [-0.15, -0.1) is 0 Å². The van der Waals surface area contributed by atoms with Crippen LogP contribution >= 0.6 is 0 Å². The van der Waals surface area contributed by atoms with Gasteiger partial charge >= 0.3 is 0 Å². The lowest BCUT2D eigenvalue weighted by molar-refractivity contribution is -0.116. The second-order valence-corrected chi connectivity index (χ2v) is 9.47. The van der Waals surface area contributed by atoms with Crippen molar-refractivity contribution in [1.82, 2.24) is 0 Å². The maximum Gasteiger partial charge on any atom is 0.232 e. The molecule has 1 heterocycles. The van der Waals surface area contributed by atoms with Crippen molar-refractivity contribution in [1.29, 1.82) is 0 Å². The maximum atomic E-state index is 12.4. The van der Waals surface area contributed by atoms with Gasteiger partial charge in [0.15, 0.2) is 0 Å². The Morgan fingerprint density at radius 2 is 1.75 bits per heavy atom. The lowest BCUT2D eigenvalue weighted by Gasteiger charge is -2.28. The minimum atomic E-state index is -3.47. The molecule has 0 spiro atoms. The molecule has 1 N–H and O–H groups in total. The number of carbonyl (C=O) groups excluding carboxylic acids is 1. The van der Waals surface area contributed by atoms with Crippen molar-refractivity contribution in [3.8, 4) is 5.75 Å². The molecule has 0 unspecified atom stereocenters. The summed E-state index contributed by atoms with van der Waals surface area (Å²) in [5.41, 5.74) is 2.37. The fraction of sp³-hybridized carbons (Fsp3) is 0.435. The summed E-state index contributed by atoms with van der Waals surface area (Å²) in [5.74, 6) is 0.535. The van der Waals surface area contributed by atoms with Crippen LogP contribution in [0, 0.1) is 0 Å². The average molecular weight is 462 g/mol. The van der Waals surface area contributed by atoms with Gasteiger partial charge in [-0.05, 0) is 61.9 Å². The zero-order valence-corrected chi connectivity index (χ0v) is 19.4. The summed E-state index contributed by atoms with van der Waals surface area (Å²) in [5, 5.41) is 2.88. The highest BCUT2D eigenvalue weighted by molar-refractivity contribution is 7.92. The summed E-state index contributed by atoms with van der Waals surface area (Å²) in [6.45, 7) is 5.81. The highest BCUT2D eigenvalue weighted by Gasteiger charge is 2.18. The second kappa shape index (κ2) is 11.2. The monoisotopic (exact) mass is 461 g/mol. The van der Waals surface area contributed by atoms with Gasteiger partial charge in [-0.2, -0.15) is 0 Å². The van der Waals surface area contributed by atoms with Gasteiger partial charge in [-0.3, -0.25) is 9.10 Å². The summed E-state index contributed by atoms with van der Waals surface area (Å²) in [4.78, 5) is 14.6. The van der Waals surface area contributed by atoms with Crippen molar-refractivity contribution in [2.45, 2.75) is 19.8 Å². The zero-order valence-electron chi connectivity index (χ0n) is 18.6. The number of nitrogens with one attached hydrogen (secondary N) is 1. The molecule has 2 aromatic rings. The molecular weight excluding hydrogens is 430 g/mol. The molecule has 0 atom stereocenters. The van der Waals surface area contributed by atoms with Crippen LogP contribution in [0.3, 0.4) is 0 Å². The molecule has 2 aromatic carbocycles. The van der Waals surface area contributed by atoms with E-state index in [1.807, 2.05) is 31.2 Å². The number of nitrogens with zero attached hydrogens (tertiary/aromatic N) is 2. The van der Waals surface area contributed by atoms with Gasteiger partial charge in [-0.1, -0.05) is 0 Å². The number of anilines is 3. The number of ether oxygens (including phenoxy) is 2. The Labute approximate surface area is 190 Å². The van der Waals surface area contributed by atoms with Crippen LogP contribution < -0.4 is 19.3 Å². The lowest BCUT2D eigenvalue weighted by atomic mass is 10.2. The predicted octanol–water partition coefficient (Wildman–Crippen LogP) is 3.11. The number of amides is 1. The molecular formula is C23H31N3O5S. The van der Waals surface area contributed by atoms with Crippen molar-refractivity contribution < 1.29 is 22.7 Å². The van der Waals surface area contributed by atoms with Gasteiger partial charge in [0.25, 0.3) is 0 Å². The third-order valence-corrected chi connectivity index (χ3v) is 6.32. The van der Waals surface area contributed by atoms with E-state index in [1.54, 1.807) is 24.3 Å². The Balaban J connectivity index is 1.51. The summed E-state index contributed by atoms with van der Waals surface area (Å²) in [7, 11) is -3.47. The Morgan fingerprint density at radius 1 is 1.09 bits per heavy atom. The summed E-state index contributed by atoms with van der Waals surface area (Å²) < 4.78 is 36.6. The Hall–Kier alpha value is -2.78. The maximum absolute atomic E-state index is 12.4. The Bertz CT molecular complexity index is 972. The molecule has 0 aliphatic carbocycles. The highest BCUT2D eigenvalue weighted by Crippen LogP contribution is 2.23. The quantitative estimate of drug-likeness (QED) is 0.585. The molecule has 1 aliphatic heterocycles. The number of sulfonamides is 1. The van der Waals surface area contributed by atoms with Crippen molar-refractivity contribution in [3.63, 3.8) is 0 Å². The summed E-state index contributed by atoms with van der Waals surface area (Å²) in [6, 6.07) is 14.6. The van der Waals surface area contributed by atoms with Crippen molar-refractivity contribution in [2.24, 2.45) is 0 Å². The zero-order chi connectivity index (χ0) is 23.0. The van der Waals surface area contributed by atoms with E-state index in [2.05, 4.69) is 10.2 Å². The van der Waals surface area contributed by atoms with Crippen LogP contribution in [-0.4, -0.2) is 60.0 Å². The van der Waals surface area contributed by atoms with Crippen molar-refractivity contribution in [3.05, 3.63) is 48.5 Å². The standard InChI is InChI=1S/C23H31N3O5S/c1-3-31-22-12-10-21(11-13-22)26(32(2,28)29)14-4-5-23(27)24-19-6-8-20(9-7-19)25-15-17-30-18-16-25/h6-13H,3-5,14-18H2,1-2H3,(H,24,27). The minimum Gasteiger partial charge on any atom is -0.494 e. The number of morpholine rings is 1. The van der Waals surface area contributed by atoms with E-state index in [-0.39, 0.29) is 18.9 Å². The molecule has 9 heteroatoms. The SMILES string of the molecule is CCOc1ccc(N(CCCC(=O)Nc2ccc(N3CCOCC3)cc2)S(C)(=O)=O)cc1. The van der Waals surface area contributed by atoms with E-state index in [0.29, 0.717) is 24.5 Å².